The molecule has 3 aromatic heterocycles. The van der Waals surface area contributed by atoms with Crippen LogP contribution >= 0.6 is 0 Å². The summed E-state index contributed by atoms with van der Waals surface area (Å²) in [5.41, 5.74) is 2.03. The molecule has 4 heterocycles. The Hall–Kier alpha value is -4.49. The molecule has 0 bridgehead atoms. The average Bonchev–Trinajstić information content (AvgIpc) is 3.36. The third kappa shape index (κ3) is 6.15. The molecule has 41 heavy (non-hydrogen) atoms. The highest BCUT2D eigenvalue weighted by atomic mass is 19.1. The predicted octanol–water partition coefficient (Wildman–Crippen LogP) is 4.65. The maximum Gasteiger partial charge on any atom is 0.254 e. The SMILES string of the molecule is Cc1ccc(F)c(C(=O)NC2(C)CCN(c3ccc(-c4cc(OCC(C)(C)O)cn5ncc(C#N)c45)cn3)CC2)c1. The van der Waals surface area contributed by atoms with Gasteiger partial charge in [-0.05, 0) is 70.9 Å². The summed E-state index contributed by atoms with van der Waals surface area (Å²) in [6.45, 7) is 8.59. The van der Waals surface area contributed by atoms with Crippen molar-refractivity contribution in [3.63, 3.8) is 0 Å². The van der Waals surface area contributed by atoms with Gasteiger partial charge in [0.1, 0.15) is 30.1 Å². The molecule has 4 aromatic rings. The van der Waals surface area contributed by atoms with E-state index in [2.05, 4.69) is 21.4 Å². The van der Waals surface area contributed by atoms with Crippen LogP contribution in [-0.4, -0.2) is 56.4 Å². The number of carbonyl (C=O) groups excluding carboxylic acids is 1. The van der Waals surface area contributed by atoms with E-state index in [1.165, 1.54) is 12.3 Å². The van der Waals surface area contributed by atoms with Crippen LogP contribution < -0.4 is 15.0 Å². The summed E-state index contributed by atoms with van der Waals surface area (Å²) >= 11 is 0. The van der Waals surface area contributed by atoms with Crippen LogP contribution in [0.25, 0.3) is 16.6 Å². The van der Waals surface area contributed by atoms with Crippen LogP contribution in [0.1, 0.15) is 55.1 Å². The second-order valence-electron chi connectivity index (χ2n) is 11.5. The van der Waals surface area contributed by atoms with Crippen LogP contribution in [0.15, 0.2) is 55.0 Å². The first kappa shape index (κ1) is 28.1. The van der Waals surface area contributed by atoms with Crippen LogP contribution in [-0.2, 0) is 0 Å². The van der Waals surface area contributed by atoms with E-state index >= 15 is 0 Å². The van der Waals surface area contributed by atoms with E-state index in [1.54, 1.807) is 42.9 Å². The number of pyridine rings is 2. The van der Waals surface area contributed by atoms with Gasteiger partial charge in [0, 0.05) is 36.0 Å². The first-order chi connectivity index (χ1) is 19.4. The van der Waals surface area contributed by atoms with E-state index in [4.69, 9.17) is 9.72 Å². The van der Waals surface area contributed by atoms with Crippen molar-refractivity contribution in [2.45, 2.75) is 51.7 Å². The largest absolute Gasteiger partial charge is 0.489 e. The fourth-order valence-corrected chi connectivity index (χ4v) is 4.98. The highest BCUT2D eigenvalue weighted by molar-refractivity contribution is 5.95. The number of aryl methyl sites for hydroxylation is 1. The van der Waals surface area contributed by atoms with Gasteiger partial charge in [-0.25, -0.2) is 13.9 Å². The third-order valence-electron chi connectivity index (χ3n) is 7.33. The molecule has 1 fully saturated rings. The highest BCUT2D eigenvalue weighted by Gasteiger charge is 2.33. The molecule has 1 aliphatic rings. The summed E-state index contributed by atoms with van der Waals surface area (Å²) in [6, 6.07) is 12.4. The Morgan fingerprint density at radius 3 is 2.63 bits per heavy atom. The van der Waals surface area contributed by atoms with Crippen molar-refractivity contribution >= 4 is 17.2 Å². The summed E-state index contributed by atoms with van der Waals surface area (Å²) in [4.78, 5) is 19.7. The molecule has 1 amide bonds. The van der Waals surface area contributed by atoms with Crippen LogP contribution in [0.4, 0.5) is 10.2 Å². The van der Waals surface area contributed by atoms with Crippen molar-refractivity contribution in [3.05, 3.63) is 77.5 Å². The van der Waals surface area contributed by atoms with Gasteiger partial charge in [-0.2, -0.15) is 10.4 Å². The van der Waals surface area contributed by atoms with E-state index < -0.39 is 22.9 Å². The smallest absolute Gasteiger partial charge is 0.254 e. The molecule has 0 saturated carbocycles. The lowest BCUT2D eigenvalue weighted by atomic mass is 9.89. The highest BCUT2D eigenvalue weighted by Crippen LogP contribution is 2.32. The zero-order chi connectivity index (χ0) is 29.4. The van der Waals surface area contributed by atoms with Crippen molar-refractivity contribution in [1.29, 1.82) is 5.26 Å². The lowest BCUT2D eigenvalue weighted by Gasteiger charge is -2.40. The van der Waals surface area contributed by atoms with Gasteiger partial charge in [0.2, 0.25) is 0 Å². The molecule has 10 heteroatoms. The molecular weight excluding hydrogens is 523 g/mol. The zero-order valence-electron chi connectivity index (χ0n) is 23.6. The summed E-state index contributed by atoms with van der Waals surface area (Å²) in [6.07, 6.45) is 6.31. The number of aromatic nitrogens is 3. The Morgan fingerprint density at radius 1 is 1.22 bits per heavy atom. The van der Waals surface area contributed by atoms with Crippen molar-refractivity contribution in [1.82, 2.24) is 19.9 Å². The van der Waals surface area contributed by atoms with Gasteiger partial charge in [0.05, 0.1) is 34.6 Å². The van der Waals surface area contributed by atoms with E-state index in [1.807, 2.05) is 32.0 Å². The first-order valence-corrected chi connectivity index (χ1v) is 13.5. The van der Waals surface area contributed by atoms with Gasteiger partial charge in [0.25, 0.3) is 5.91 Å². The van der Waals surface area contributed by atoms with Crippen LogP contribution in [0.3, 0.4) is 0 Å². The van der Waals surface area contributed by atoms with Gasteiger partial charge >= 0.3 is 0 Å². The summed E-state index contributed by atoms with van der Waals surface area (Å²) in [5, 5.41) is 27.1. The molecule has 0 atom stereocenters. The molecule has 0 aliphatic carbocycles. The number of piperidine rings is 1. The van der Waals surface area contributed by atoms with Gasteiger partial charge in [-0.15, -0.1) is 0 Å². The second-order valence-corrected chi connectivity index (χ2v) is 11.5. The maximum absolute atomic E-state index is 14.2. The Morgan fingerprint density at radius 2 is 1.98 bits per heavy atom. The third-order valence-corrected chi connectivity index (χ3v) is 7.33. The van der Waals surface area contributed by atoms with Gasteiger partial charge in [-0.1, -0.05) is 11.6 Å². The number of halogens is 1. The number of carbonyl (C=O) groups is 1. The van der Waals surface area contributed by atoms with Crippen molar-refractivity contribution in [2.75, 3.05) is 24.6 Å². The monoisotopic (exact) mass is 556 g/mol. The minimum atomic E-state index is -1.01. The Labute approximate surface area is 238 Å². The Balaban J connectivity index is 1.32. The number of nitriles is 1. The number of nitrogens with one attached hydrogen (secondary N) is 1. The maximum atomic E-state index is 14.2. The minimum Gasteiger partial charge on any atom is -0.489 e. The fourth-order valence-electron chi connectivity index (χ4n) is 4.98. The summed E-state index contributed by atoms with van der Waals surface area (Å²) < 4.78 is 21.7. The number of ether oxygens (including phenoxy) is 1. The normalized spacial score (nSPS) is 15.0. The van der Waals surface area contributed by atoms with Crippen molar-refractivity contribution < 1.29 is 19.0 Å². The lowest BCUT2D eigenvalue weighted by Crippen LogP contribution is -2.53. The molecule has 1 aliphatic heterocycles. The van der Waals surface area contributed by atoms with E-state index in [0.717, 1.165) is 22.5 Å². The van der Waals surface area contributed by atoms with Crippen LogP contribution in [0.2, 0.25) is 0 Å². The van der Waals surface area contributed by atoms with Crippen molar-refractivity contribution in [2.24, 2.45) is 0 Å². The second kappa shape index (κ2) is 10.8. The van der Waals surface area contributed by atoms with E-state index in [0.29, 0.717) is 42.8 Å². The number of hydrogen-bond acceptors (Lipinski definition) is 7. The molecular formula is C31H33FN6O3. The Bertz CT molecular complexity index is 1630. The molecule has 0 radical (unpaired) electrons. The van der Waals surface area contributed by atoms with E-state index in [9.17, 15) is 19.6 Å². The Kier molecular flexibility index (Phi) is 7.41. The molecule has 0 unspecified atom stereocenters. The number of benzene rings is 1. The molecule has 9 nitrogen and oxygen atoms in total. The molecule has 212 valence electrons. The number of nitrogens with zero attached hydrogens (tertiary/aromatic N) is 5. The van der Waals surface area contributed by atoms with Crippen LogP contribution in [0, 0.1) is 24.1 Å². The number of fused-ring (bicyclic) bond motifs is 1. The quantitative estimate of drug-likeness (QED) is 0.340. The number of aliphatic hydroxyl groups is 1. The minimum absolute atomic E-state index is 0.0623. The molecule has 1 aromatic carbocycles. The van der Waals surface area contributed by atoms with Gasteiger partial charge in [0.15, 0.2) is 0 Å². The number of rotatable bonds is 7. The standard InChI is InChI=1S/C31H33FN6O3/c1-20-5-7-26(32)25(13-20)29(39)36-31(4)9-11-37(12-10-31)27-8-6-21(16-34-27)24-14-23(41-19-30(2,3)40)18-38-28(24)22(15-33)17-35-38/h5-8,13-14,16-18,40H,9-12,19H2,1-4H3,(H,36,39). The van der Waals surface area contributed by atoms with Gasteiger partial charge in [-0.3, -0.25) is 4.79 Å². The predicted molar refractivity (Wildman–Crippen MR) is 153 cm³/mol. The first-order valence-electron chi connectivity index (χ1n) is 13.5. The molecule has 5 rings (SSSR count). The van der Waals surface area contributed by atoms with E-state index in [-0.39, 0.29) is 12.2 Å². The van der Waals surface area contributed by atoms with Crippen molar-refractivity contribution in [3.8, 4) is 22.9 Å². The molecule has 1 saturated heterocycles. The lowest BCUT2D eigenvalue weighted by molar-refractivity contribution is 0.0283. The molecule has 2 N–H and O–H groups in total. The zero-order valence-corrected chi connectivity index (χ0v) is 23.6. The molecule has 0 spiro atoms. The number of hydrogen-bond donors (Lipinski definition) is 2. The van der Waals surface area contributed by atoms with Gasteiger partial charge < -0.3 is 20.1 Å². The topological polar surface area (TPSA) is 116 Å². The fraction of sp³-hybridized carbons (Fsp3) is 0.355. The number of anilines is 1. The number of amides is 1. The summed E-state index contributed by atoms with van der Waals surface area (Å²) in [7, 11) is 0. The average molecular weight is 557 g/mol. The van der Waals surface area contributed by atoms with Crippen LogP contribution in [0.5, 0.6) is 5.75 Å². The summed E-state index contributed by atoms with van der Waals surface area (Å²) in [5.74, 6) is 0.379.